The van der Waals surface area contributed by atoms with Gasteiger partial charge in [0.25, 0.3) is 0 Å². The topological polar surface area (TPSA) is 173 Å². The van der Waals surface area contributed by atoms with Gasteiger partial charge in [0.1, 0.15) is 0 Å². The van der Waals surface area contributed by atoms with Crippen molar-refractivity contribution in [2.75, 3.05) is 14.1 Å². The Hall–Kier alpha value is -2.98. The van der Waals surface area contributed by atoms with Gasteiger partial charge in [-0.2, -0.15) is 0 Å². The lowest BCUT2D eigenvalue weighted by Crippen LogP contribution is -2.42. The lowest BCUT2D eigenvalue weighted by Gasteiger charge is -2.18. The molecule has 0 aliphatic rings. The molecule has 0 bridgehead atoms. The quantitative estimate of drug-likeness (QED) is 0.379. The molecule has 0 aromatic heterocycles. The van der Waals surface area contributed by atoms with Gasteiger partial charge in [-0.3, -0.25) is 14.4 Å². The standard InChI is InChI=1S/C13H19NO2.C6H8O7/c1-10(13(16)14(2)3)8-11-6-4-5-7-12(11)9-15;7-3(8)1-6(13,5(11)12)2-4(9)10/h4-7,10,15H,8-9H2,1-3H3;13H,1-2H2,(H,7,8)(H,9,10)(H,11,12). The molecule has 0 radical (unpaired) electrons. The fraction of sp³-hybridized carbons (Fsp3) is 0.474. The molecule has 0 saturated heterocycles. The maximum Gasteiger partial charge on any atom is 0.336 e. The summed E-state index contributed by atoms with van der Waals surface area (Å²) in [7, 11) is 3.52. The summed E-state index contributed by atoms with van der Waals surface area (Å²) < 4.78 is 0. The average Bonchev–Trinajstić information content (AvgIpc) is 2.60. The summed E-state index contributed by atoms with van der Waals surface area (Å²) in [4.78, 5) is 43.8. The van der Waals surface area contributed by atoms with Crippen molar-refractivity contribution in [3.63, 3.8) is 0 Å². The van der Waals surface area contributed by atoms with Crippen molar-refractivity contribution in [1.82, 2.24) is 4.90 Å². The molecule has 162 valence electrons. The molecule has 1 atom stereocenters. The normalized spacial score (nSPS) is 11.6. The highest BCUT2D eigenvalue weighted by atomic mass is 16.4. The largest absolute Gasteiger partial charge is 0.481 e. The number of aliphatic hydroxyl groups is 2. The molecule has 0 aliphatic heterocycles. The summed E-state index contributed by atoms with van der Waals surface area (Å²) in [5, 5.41) is 43.0. The van der Waals surface area contributed by atoms with Gasteiger partial charge in [0.15, 0.2) is 5.60 Å². The Labute approximate surface area is 168 Å². The fourth-order valence-electron chi connectivity index (χ4n) is 2.48. The average molecular weight is 413 g/mol. The van der Waals surface area contributed by atoms with E-state index in [2.05, 4.69) is 0 Å². The maximum absolute atomic E-state index is 11.7. The number of carboxylic acid groups (broad SMARTS) is 3. The molecule has 0 aliphatic carbocycles. The van der Waals surface area contributed by atoms with Gasteiger partial charge in [0.2, 0.25) is 5.91 Å². The highest BCUT2D eigenvalue weighted by Gasteiger charge is 2.40. The van der Waals surface area contributed by atoms with E-state index in [0.717, 1.165) is 11.1 Å². The number of aliphatic hydroxyl groups excluding tert-OH is 1. The molecule has 1 amide bonds. The molecule has 0 saturated carbocycles. The number of carboxylic acids is 3. The van der Waals surface area contributed by atoms with Crippen molar-refractivity contribution in [2.24, 2.45) is 5.92 Å². The van der Waals surface area contributed by atoms with Crippen LogP contribution in [0, 0.1) is 5.92 Å². The Bertz CT molecular complexity index is 714. The van der Waals surface area contributed by atoms with Gasteiger partial charge in [-0.25, -0.2) is 4.79 Å². The molecular weight excluding hydrogens is 386 g/mol. The number of nitrogens with zero attached hydrogens (tertiary/aromatic N) is 1. The molecule has 0 heterocycles. The Morgan fingerprint density at radius 3 is 1.76 bits per heavy atom. The first-order valence-electron chi connectivity index (χ1n) is 8.62. The predicted molar refractivity (Wildman–Crippen MR) is 101 cm³/mol. The van der Waals surface area contributed by atoms with Crippen LogP contribution in [0.25, 0.3) is 0 Å². The molecule has 10 heteroatoms. The van der Waals surface area contributed by atoms with Crippen LogP contribution in [-0.4, -0.2) is 73.9 Å². The first-order chi connectivity index (χ1) is 13.3. The second kappa shape index (κ2) is 11.8. The molecule has 1 aromatic rings. The lowest BCUT2D eigenvalue weighted by molar-refractivity contribution is -0.170. The third-order valence-electron chi connectivity index (χ3n) is 3.96. The summed E-state index contributed by atoms with van der Waals surface area (Å²) in [5.41, 5.74) is -0.786. The van der Waals surface area contributed by atoms with E-state index in [9.17, 15) is 24.3 Å². The summed E-state index contributed by atoms with van der Waals surface area (Å²) in [6, 6.07) is 7.68. The first-order valence-corrected chi connectivity index (χ1v) is 8.62. The minimum absolute atomic E-state index is 0.0268. The number of rotatable bonds is 9. The van der Waals surface area contributed by atoms with Crippen LogP contribution in [0.4, 0.5) is 0 Å². The van der Waals surface area contributed by atoms with Crippen LogP contribution in [0.15, 0.2) is 24.3 Å². The third kappa shape index (κ3) is 9.17. The Morgan fingerprint density at radius 1 is 0.966 bits per heavy atom. The van der Waals surface area contributed by atoms with Crippen LogP contribution in [0.1, 0.15) is 30.9 Å². The van der Waals surface area contributed by atoms with E-state index in [0.29, 0.717) is 6.42 Å². The van der Waals surface area contributed by atoms with Gasteiger partial charge in [0.05, 0.1) is 19.4 Å². The molecule has 10 nitrogen and oxygen atoms in total. The molecule has 1 rings (SSSR count). The number of carbonyl (C=O) groups is 4. The van der Waals surface area contributed by atoms with E-state index < -0.39 is 36.4 Å². The van der Waals surface area contributed by atoms with Crippen molar-refractivity contribution >= 4 is 23.8 Å². The highest BCUT2D eigenvalue weighted by Crippen LogP contribution is 2.16. The Morgan fingerprint density at radius 2 is 1.41 bits per heavy atom. The monoisotopic (exact) mass is 413 g/mol. The molecule has 1 unspecified atom stereocenters. The van der Waals surface area contributed by atoms with Crippen molar-refractivity contribution in [1.29, 1.82) is 0 Å². The van der Waals surface area contributed by atoms with Gasteiger partial charge in [-0.05, 0) is 17.5 Å². The number of benzene rings is 1. The zero-order chi connectivity index (χ0) is 22.8. The molecule has 0 spiro atoms. The number of hydrogen-bond donors (Lipinski definition) is 5. The van der Waals surface area contributed by atoms with Crippen molar-refractivity contribution < 1.29 is 44.7 Å². The van der Waals surface area contributed by atoms with E-state index in [1.807, 2.05) is 31.2 Å². The smallest absolute Gasteiger partial charge is 0.336 e. The van der Waals surface area contributed by atoms with Crippen molar-refractivity contribution in [2.45, 2.75) is 38.4 Å². The second-order valence-corrected chi connectivity index (χ2v) is 6.74. The van der Waals surface area contributed by atoms with Crippen molar-refractivity contribution in [3.05, 3.63) is 35.4 Å². The minimum Gasteiger partial charge on any atom is -0.481 e. The number of carbonyl (C=O) groups excluding carboxylic acids is 1. The van der Waals surface area contributed by atoms with Crippen LogP contribution in [-0.2, 0) is 32.2 Å². The minimum atomic E-state index is -2.74. The van der Waals surface area contributed by atoms with Crippen LogP contribution in [0.2, 0.25) is 0 Å². The van der Waals surface area contributed by atoms with E-state index in [1.54, 1.807) is 19.0 Å². The predicted octanol–water partition coefficient (Wildman–Crippen LogP) is 0.197. The van der Waals surface area contributed by atoms with E-state index in [-0.39, 0.29) is 18.4 Å². The molecule has 5 N–H and O–H groups in total. The lowest BCUT2D eigenvalue weighted by atomic mass is 9.96. The third-order valence-corrected chi connectivity index (χ3v) is 3.96. The van der Waals surface area contributed by atoms with Crippen LogP contribution < -0.4 is 0 Å². The Kier molecular flexibility index (Phi) is 10.6. The highest BCUT2D eigenvalue weighted by molar-refractivity contribution is 5.88. The summed E-state index contributed by atoms with van der Waals surface area (Å²) in [6.45, 7) is 1.94. The van der Waals surface area contributed by atoms with Gasteiger partial charge in [-0.1, -0.05) is 31.2 Å². The van der Waals surface area contributed by atoms with E-state index in [4.69, 9.17) is 20.4 Å². The first kappa shape index (κ1) is 26.0. The second-order valence-electron chi connectivity index (χ2n) is 6.74. The van der Waals surface area contributed by atoms with E-state index >= 15 is 0 Å². The number of aliphatic carboxylic acids is 3. The summed E-state index contributed by atoms with van der Waals surface area (Å²) in [6.07, 6.45) is -1.61. The van der Waals surface area contributed by atoms with Gasteiger partial charge >= 0.3 is 17.9 Å². The van der Waals surface area contributed by atoms with Gasteiger partial charge < -0.3 is 30.4 Å². The Balaban J connectivity index is 0.000000555. The van der Waals surface area contributed by atoms with Crippen LogP contribution in [0.5, 0.6) is 0 Å². The summed E-state index contributed by atoms with van der Waals surface area (Å²) in [5.74, 6) is -4.95. The number of amides is 1. The van der Waals surface area contributed by atoms with Crippen molar-refractivity contribution in [3.8, 4) is 0 Å². The van der Waals surface area contributed by atoms with E-state index in [1.165, 1.54) is 0 Å². The van der Waals surface area contributed by atoms with Gasteiger partial charge in [0, 0.05) is 20.0 Å². The fourth-order valence-corrected chi connectivity index (χ4v) is 2.48. The molecule has 29 heavy (non-hydrogen) atoms. The van der Waals surface area contributed by atoms with Gasteiger partial charge in [-0.15, -0.1) is 0 Å². The zero-order valence-electron chi connectivity index (χ0n) is 16.5. The SMILES string of the molecule is CC(Cc1ccccc1CO)C(=O)N(C)C.O=C(O)CC(O)(CC(=O)O)C(=O)O. The summed E-state index contributed by atoms with van der Waals surface area (Å²) >= 11 is 0. The van der Waals surface area contributed by atoms with Crippen LogP contribution >= 0.6 is 0 Å². The molecular formula is C19H27NO9. The maximum atomic E-state index is 11.7. The molecule has 0 fully saturated rings. The number of hydrogen-bond acceptors (Lipinski definition) is 6. The van der Waals surface area contributed by atoms with Crippen LogP contribution in [0.3, 0.4) is 0 Å². The molecule has 1 aromatic carbocycles. The zero-order valence-corrected chi connectivity index (χ0v) is 16.5.